The van der Waals surface area contributed by atoms with Gasteiger partial charge in [-0.25, -0.2) is 0 Å². The minimum absolute atomic E-state index is 0.0611. The van der Waals surface area contributed by atoms with Gasteiger partial charge >= 0.3 is 42.6 Å². The van der Waals surface area contributed by atoms with Crippen LogP contribution < -0.4 is 5.32 Å². The number of nitrogens with one attached hydrogen (secondary N) is 1. The zero-order valence-corrected chi connectivity index (χ0v) is 12.4. The molecule has 0 radical (unpaired) electrons. The summed E-state index contributed by atoms with van der Waals surface area (Å²) in [4.78, 5) is 0. The first kappa shape index (κ1) is 14.6. The topological polar surface area (TPSA) is 32.3 Å². The van der Waals surface area contributed by atoms with Crippen molar-refractivity contribution in [2.24, 2.45) is 5.92 Å². The average Bonchev–Trinajstić information content (AvgIpc) is 2.18. The van der Waals surface area contributed by atoms with Crippen molar-refractivity contribution in [1.29, 1.82) is 0 Å². The minimum atomic E-state index is -1.92. The van der Waals surface area contributed by atoms with Crippen LogP contribution in [0.25, 0.3) is 0 Å². The molecular weight excluding hydrogens is 292 g/mol. The molecule has 0 bridgehead atoms. The molecule has 89 valence electrons. The van der Waals surface area contributed by atoms with Crippen LogP contribution in [-0.4, -0.2) is 23.8 Å². The molecule has 0 aromatic heterocycles. The van der Waals surface area contributed by atoms with E-state index in [1.165, 1.54) is 25.7 Å². The van der Waals surface area contributed by atoms with Gasteiger partial charge in [-0.15, -0.1) is 0 Å². The molecule has 1 heterocycles. The summed E-state index contributed by atoms with van der Waals surface area (Å²) in [5, 5.41) is 13.1. The van der Waals surface area contributed by atoms with E-state index in [-0.39, 0.29) is 6.10 Å². The van der Waals surface area contributed by atoms with E-state index >= 15 is 0 Å². The van der Waals surface area contributed by atoms with Gasteiger partial charge in [0.25, 0.3) is 0 Å². The van der Waals surface area contributed by atoms with Gasteiger partial charge in [-0.2, -0.15) is 0 Å². The molecule has 2 aliphatic rings. The van der Waals surface area contributed by atoms with Gasteiger partial charge in [-0.1, -0.05) is 6.42 Å². The average molecular weight is 309 g/mol. The van der Waals surface area contributed by atoms with E-state index in [9.17, 15) is 5.11 Å². The normalized spacial score (nSPS) is 34.8. The molecule has 0 amide bonds. The van der Waals surface area contributed by atoms with Gasteiger partial charge in [0.2, 0.25) is 0 Å². The summed E-state index contributed by atoms with van der Waals surface area (Å²) in [5.74, 6) is 0.771. The zero-order chi connectivity index (χ0) is 11.3. The molecule has 1 aliphatic carbocycles. The van der Waals surface area contributed by atoms with Gasteiger partial charge in [0, 0.05) is 6.04 Å². The van der Waals surface area contributed by atoms with E-state index in [1.807, 2.05) is 0 Å². The summed E-state index contributed by atoms with van der Waals surface area (Å²) in [6.07, 6.45) is 6.13. The van der Waals surface area contributed by atoms with Gasteiger partial charge in [0.05, 0.1) is 6.10 Å². The Morgan fingerprint density at radius 2 is 1.67 bits per heavy atom. The number of hydrogen-bond acceptors (Lipinski definition) is 2. The van der Waals surface area contributed by atoms with Crippen LogP contribution in [0.3, 0.4) is 0 Å². The Labute approximate surface area is 109 Å². The van der Waals surface area contributed by atoms with Crippen molar-refractivity contribution in [2.75, 3.05) is 6.54 Å². The fourth-order valence-corrected chi connectivity index (χ4v) is 2.52. The van der Waals surface area contributed by atoms with Gasteiger partial charge in [0.1, 0.15) is 0 Å². The number of fused-ring (bicyclic) bond motifs is 1. The number of hydrogen-bond donors (Lipinski definition) is 2. The number of piperidine rings is 1. The van der Waals surface area contributed by atoms with E-state index in [4.69, 9.17) is 27.9 Å². The van der Waals surface area contributed by atoms with Crippen LogP contribution >= 0.6 is 27.9 Å². The molecule has 6 heteroatoms. The van der Waals surface area contributed by atoms with E-state index < -0.39 is 14.7 Å². The summed E-state index contributed by atoms with van der Waals surface area (Å²) in [5.41, 5.74) is 0. The Morgan fingerprint density at radius 1 is 1.07 bits per heavy atom. The third-order valence-electron chi connectivity index (χ3n) is 3.13. The van der Waals surface area contributed by atoms with Crippen LogP contribution in [0, 0.1) is 5.92 Å². The fourth-order valence-electron chi connectivity index (χ4n) is 2.52. The SMILES string of the molecule is OC1CCCC2CCCNC12.[Cl][Ti]([Cl])[Cl]. The molecule has 15 heavy (non-hydrogen) atoms. The Bertz CT molecular complexity index is 180. The fraction of sp³-hybridized carbons (Fsp3) is 1.00. The maximum absolute atomic E-state index is 9.64. The van der Waals surface area contributed by atoms with Crippen LogP contribution in [0.1, 0.15) is 32.1 Å². The van der Waals surface area contributed by atoms with Crippen LogP contribution in [-0.2, 0) is 14.7 Å². The molecule has 0 spiro atoms. The van der Waals surface area contributed by atoms with Crippen LogP contribution in [0.2, 0.25) is 0 Å². The Morgan fingerprint density at radius 3 is 2.27 bits per heavy atom. The van der Waals surface area contributed by atoms with Crippen molar-refractivity contribution in [3.63, 3.8) is 0 Å². The molecular formula is C9H17Cl3NOTi. The summed E-state index contributed by atoms with van der Waals surface area (Å²) >= 11 is -1.92. The van der Waals surface area contributed by atoms with E-state index in [2.05, 4.69) is 5.32 Å². The van der Waals surface area contributed by atoms with E-state index in [0.29, 0.717) is 6.04 Å². The first-order valence-electron chi connectivity index (χ1n) is 5.36. The van der Waals surface area contributed by atoms with Crippen molar-refractivity contribution in [3.8, 4) is 0 Å². The van der Waals surface area contributed by atoms with Crippen LogP contribution in [0.15, 0.2) is 0 Å². The Hall–Kier alpha value is 1.50. The predicted molar refractivity (Wildman–Crippen MR) is 61.9 cm³/mol. The third-order valence-corrected chi connectivity index (χ3v) is 3.13. The van der Waals surface area contributed by atoms with Gasteiger partial charge < -0.3 is 10.4 Å². The van der Waals surface area contributed by atoms with E-state index in [1.54, 1.807) is 0 Å². The number of aliphatic hydroxyl groups is 1. The number of rotatable bonds is 0. The molecule has 2 nitrogen and oxygen atoms in total. The summed E-state index contributed by atoms with van der Waals surface area (Å²) in [6, 6.07) is 0.428. The summed E-state index contributed by atoms with van der Waals surface area (Å²) < 4.78 is 0. The first-order valence-corrected chi connectivity index (χ1v) is 11.8. The second kappa shape index (κ2) is 7.76. The molecule has 2 N–H and O–H groups in total. The zero-order valence-electron chi connectivity index (χ0n) is 8.56. The van der Waals surface area contributed by atoms with Crippen molar-refractivity contribution in [3.05, 3.63) is 0 Å². The molecule has 0 aromatic rings. The quantitative estimate of drug-likeness (QED) is 0.674. The monoisotopic (exact) mass is 308 g/mol. The predicted octanol–water partition coefficient (Wildman–Crippen LogP) is 2.97. The third kappa shape index (κ3) is 5.58. The van der Waals surface area contributed by atoms with Crippen molar-refractivity contribution >= 4 is 27.9 Å². The van der Waals surface area contributed by atoms with Crippen molar-refractivity contribution in [2.45, 2.75) is 44.2 Å². The first-order chi connectivity index (χ1) is 7.11. The van der Waals surface area contributed by atoms with Crippen LogP contribution in [0.5, 0.6) is 0 Å². The molecule has 1 saturated carbocycles. The molecule has 3 atom stereocenters. The summed E-state index contributed by atoms with van der Waals surface area (Å²) in [6.45, 7) is 1.11. The molecule has 2 fully saturated rings. The molecule has 1 aliphatic heterocycles. The molecule has 1 saturated heterocycles. The molecule has 0 aromatic carbocycles. The summed E-state index contributed by atoms with van der Waals surface area (Å²) in [7, 11) is 14.9. The van der Waals surface area contributed by atoms with Crippen molar-refractivity contribution < 1.29 is 19.8 Å². The van der Waals surface area contributed by atoms with Crippen molar-refractivity contribution in [1.82, 2.24) is 5.32 Å². The van der Waals surface area contributed by atoms with Crippen LogP contribution in [0.4, 0.5) is 0 Å². The Balaban J connectivity index is 0.000000245. The second-order valence-electron chi connectivity index (χ2n) is 4.09. The number of halogens is 3. The Kier molecular flexibility index (Phi) is 7.53. The van der Waals surface area contributed by atoms with E-state index in [0.717, 1.165) is 18.9 Å². The maximum atomic E-state index is 9.64. The van der Waals surface area contributed by atoms with Gasteiger partial charge in [0.15, 0.2) is 0 Å². The standard InChI is InChI=1S/C9H17NO.3ClH.Ti/c11-8-5-1-3-7-4-2-6-10-9(7)8;;;;/h7-11H,1-6H2;3*1H;/q;;;;+3/p-3. The number of aliphatic hydroxyl groups excluding tert-OH is 1. The van der Waals surface area contributed by atoms with Gasteiger partial charge in [-0.05, 0) is 38.1 Å². The molecule has 2 rings (SSSR count). The molecule has 3 unspecified atom stereocenters. The second-order valence-corrected chi connectivity index (χ2v) is 11.8. The van der Waals surface area contributed by atoms with Gasteiger partial charge in [-0.3, -0.25) is 0 Å².